The number of benzene rings is 3. The summed E-state index contributed by atoms with van der Waals surface area (Å²) in [4.78, 5) is 43.4. The highest BCUT2D eigenvalue weighted by molar-refractivity contribution is 7.89. The molecule has 45 heavy (non-hydrogen) atoms. The van der Waals surface area contributed by atoms with Gasteiger partial charge in [-0.25, -0.2) is 8.42 Å². The molecule has 2 fully saturated rings. The molecule has 2 aliphatic heterocycles. The predicted molar refractivity (Wildman–Crippen MR) is 170 cm³/mol. The Bertz CT molecular complexity index is 1650. The zero-order chi connectivity index (χ0) is 32.6. The lowest BCUT2D eigenvalue weighted by Crippen LogP contribution is -2.59. The van der Waals surface area contributed by atoms with Crippen molar-refractivity contribution in [2.75, 3.05) is 20.2 Å². The Labute approximate surface area is 265 Å². The fraction of sp³-hybridized carbons (Fsp3) is 0.400. The van der Waals surface area contributed by atoms with Gasteiger partial charge in [-0.15, -0.1) is 0 Å². The number of carbonyl (C=O) groups is 3. The molecular formula is C35H41N3O6S. The van der Waals surface area contributed by atoms with Crippen LogP contribution in [0.4, 0.5) is 0 Å². The first-order chi connectivity index (χ1) is 21.3. The molecule has 9 nitrogen and oxygen atoms in total. The van der Waals surface area contributed by atoms with Crippen LogP contribution in [-0.2, 0) is 47.5 Å². The summed E-state index contributed by atoms with van der Waals surface area (Å²) >= 11 is 0. The van der Waals surface area contributed by atoms with Crippen molar-refractivity contribution in [1.82, 2.24) is 14.5 Å². The van der Waals surface area contributed by atoms with Crippen LogP contribution in [-0.4, -0.2) is 67.2 Å². The van der Waals surface area contributed by atoms with E-state index in [1.807, 2.05) is 72.8 Å². The van der Waals surface area contributed by atoms with Gasteiger partial charge >= 0.3 is 5.97 Å². The summed E-state index contributed by atoms with van der Waals surface area (Å²) in [6, 6.07) is 24.4. The largest absolute Gasteiger partial charge is 0.468 e. The molecule has 2 amide bonds. The van der Waals surface area contributed by atoms with E-state index < -0.39 is 51.2 Å². The van der Waals surface area contributed by atoms with Crippen LogP contribution in [0.5, 0.6) is 0 Å². The number of fused-ring (bicyclic) bond motifs is 1. The quantitative estimate of drug-likeness (QED) is 0.267. The number of hydrogen-bond donors (Lipinski definition) is 1. The molecule has 0 aliphatic carbocycles. The fourth-order valence-electron chi connectivity index (χ4n) is 6.68. The summed E-state index contributed by atoms with van der Waals surface area (Å²) < 4.78 is 34.5. The number of likely N-dealkylation sites (tertiary alicyclic amines) is 1. The minimum Gasteiger partial charge on any atom is -0.468 e. The minimum absolute atomic E-state index is 0.0523. The number of hydrogen-bond acceptors (Lipinski definition) is 7. The maximum absolute atomic E-state index is 14.2. The molecule has 0 unspecified atom stereocenters. The highest BCUT2D eigenvalue weighted by atomic mass is 32.2. The normalized spacial score (nSPS) is 23.4. The van der Waals surface area contributed by atoms with Crippen LogP contribution >= 0.6 is 0 Å². The number of carbonyl (C=O) groups excluding carboxylic acids is 3. The lowest BCUT2D eigenvalue weighted by atomic mass is 9.76. The molecule has 3 aromatic rings. The first-order valence-electron chi connectivity index (χ1n) is 15.2. The average molecular weight is 632 g/mol. The van der Waals surface area contributed by atoms with Crippen molar-refractivity contribution in [3.8, 4) is 0 Å². The van der Waals surface area contributed by atoms with Gasteiger partial charge in [-0.1, -0.05) is 100 Å². The van der Waals surface area contributed by atoms with Gasteiger partial charge in [0.05, 0.1) is 30.4 Å². The zero-order valence-corrected chi connectivity index (χ0v) is 27.2. The van der Waals surface area contributed by atoms with Gasteiger partial charge < -0.3 is 4.74 Å². The van der Waals surface area contributed by atoms with Crippen molar-refractivity contribution in [1.29, 1.82) is 0 Å². The fourth-order valence-corrected chi connectivity index (χ4v) is 8.15. The summed E-state index contributed by atoms with van der Waals surface area (Å²) in [5, 5.41) is 3.32. The zero-order valence-electron chi connectivity index (χ0n) is 26.4. The first kappa shape index (κ1) is 32.5. The van der Waals surface area contributed by atoms with Gasteiger partial charge in [-0.05, 0) is 34.2 Å². The smallest absolute Gasteiger partial charge is 0.327 e. The topological polar surface area (TPSA) is 113 Å². The molecule has 0 aromatic heterocycles. The van der Waals surface area contributed by atoms with Crippen molar-refractivity contribution in [3.05, 3.63) is 102 Å². The number of amides is 2. The standard InChI is InChI=1S/C35H41N3O6S/c1-6-37(45(42,43)27-19-17-26(18-20-27)34(2,3)4)23-28-29-30(32(40)38(31(29)39)22-25-15-11-8-12-16-25)35(36-28,33(41)44-5)21-24-13-9-7-10-14-24/h7-20,28-30,36H,6,21-23H2,1-5H3/t28-,29+,30-,35-/m1/s1. The van der Waals surface area contributed by atoms with E-state index in [0.29, 0.717) is 0 Å². The molecule has 0 saturated carbocycles. The van der Waals surface area contributed by atoms with Gasteiger partial charge in [0.15, 0.2) is 0 Å². The maximum atomic E-state index is 14.2. The van der Waals surface area contributed by atoms with E-state index in [4.69, 9.17) is 4.74 Å². The van der Waals surface area contributed by atoms with Crippen molar-refractivity contribution in [2.24, 2.45) is 11.8 Å². The number of esters is 1. The summed E-state index contributed by atoms with van der Waals surface area (Å²) in [6.07, 6.45) is 0.0868. The van der Waals surface area contributed by atoms with Crippen LogP contribution in [0.2, 0.25) is 0 Å². The number of imide groups is 1. The molecule has 2 aliphatic rings. The van der Waals surface area contributed by atoms with E-state index in [1.54, 1.807) is 19.1 Å². The second kappa shape index (κ2) is 12.5. The number of nitrogens with zero attached hydrogens (tertiary/aromatic N) is 2. The molecular weight excluding hydrogens is 590 g/mol. The SMILES string of the molecule is CCN(C[C@H]1N[C@@](Cc2ccccc2)(C(=O)OC)[C@H]2C(=O)N(Cc3ccccc3)C(=O)[C@@H]12)S(=O)(=O)c1ccc(C(C)(C)C)cc1. The molecule has 0 radical (unpaired) electrons. The Hall–Kier alpha value is -3.86. The Morgan fingerprint density at radius 3 is 2.02 bits per heavy atom. The van der Waals surface area contributed by atoms with E-state index in [9.17, 15) is 22.8 Å². The van der Waals surface area contributed by atoms with Crippen molar-refractivity contribution in [3.63, 3.8) is 0 Å². The number of likely N-dealkylation sites (N-methyl/N-ethyl adjacent to an activating group) is 1. The molecule has 1 N–H and O–H groups in total. The van der Waals surface area contributed by atoms with Gasteiger partial charge in [0, 0.05) is 25.6 Å². The van der Waals surface area contributed by atoms with Crippen LogP contribution in [0.1, 0.15) is 44.4 Å². The third kappa shape index (κ3) is 6.06. The summed E-state index contributed by atoms with van der Waals surface area (Å²) in [6.45, 7) is 7.96. The van der Waals surface area contributed by atoms with E-state index >= 15 is 0 Å². The second-order valence-corrected chi connectivity index (χ2v) is 14.8. The van der Waals surface area contributed by atoms with Gasteiger partial charge in [0.25, 0.3) is 0 Å². The van der Waals surface area contributed by atoms with E-state index in [1.165, 1.54) is 16.3 Å². The first-order valence-corrected chi connectivity index (χ1v) is 16.7. The van der Waals surface area contributed by atoms with Gasteiger partial charge in [0.1, 0.15) is 5.54 Å². The Morgan fingerprint density at radius 1 is 0.911 bits per heavy atom. The van der Waals surface area contributed by atoms with E-state index in [-0.39, 0.29) is 36.4 Å². The third-order valence-electron chi connectivity index (χ3n) is 9.02. The summed E-state index contributed by atoms with van der Waals surface area (Å²) in [5.41, 5.74) is 0.817. The van der Waals surface area contributed by atoms with E-state index in [0.717, 1.165) is 16.7 Å². The van der Waals surface area contributed by atoms with Crippen LogP contribution < -0.4 is 5.32 Å². The molecule has 10 heteroatoms. The highest BCUT2D eigenvalue weighted by Crippen LogP contribution is 2.46. The molecule has 4 atom stereocenters. The Kier molecular flexibility index (Phi) is 9.04. The third-order valence-corrected chi connectivity index (χ3v) is 11.0. The number of sulfonamides is 1. The second-order valence-electron chi connectivity index (χ2n) is 12.9. The molecule has 2 heterocycles. The molecule has 2 saturated heterocycles. The number of nitrogens with one attached hydrogen (secondary N) is 1. The Balaban J connectivity index is 1.54. The molecule has 5 rings (SSSR count). The Morgan fingerprint density at radius 2 is 1.49 bits per heavy atom. The summed E-state index contributed by atoms with van der Waals surface area (Å²) in [7, 11) is -2.72. The van der Waals surface area contributed by atoms with Crippen molar-refractivity contribution < 1.29 is 27.5 Å². The molecule has 0 bridgehead atoms. The van der Waals surface area contributed by atoms with Gasteiger partial charge in [0.2, 0.25) is 21.8 Å². The predicted octanol–water partition coefficient (Wildman–Crippen LogP) is 3.92. The van der Waals surface area contributed by atoms with Crippen LogP contribution in [0, 0.1) is 11.8 Å². The molecule has 0 spiro atoms. The van der Waals surface area contributed by atoms with Gasteiger partial charge in [-0.2, -0.15) is 4.31 Å². The lowest BCUT2D eigenvalue weighted by Gasteiger charge is -2.33. The summed E-state index contributed by atoms with van der Waals surface area (Å²) in [5.74, 6) is -3.65. The maximum Gasteiger partial charge on any atom is 0.327 e. The highest BCUT2D eigenvalue weighted by Gasteiger charge is 2.68. The minimum atomic E-state index is -3.98. The van der Waals surface area contributed by atoms with Gasteiger partial charge in [-0.3, -0.25) is 24.6 Å². The number of rotatable bonds is 10. The number of ether oxygens (including phenoxy) is 1. The monoisotopic (exact) mass is 631 g/mol. The van der Waals surface area contributed by atoms with Crippen molar-refractivity contribution in [2.45, 2.75) is 62.6 Å². The average Bonchev–Trinajstić information content (AvgIpc) is 3.48. The van der Waals surface area contributed by atoms with E-state index in [2.05, 4.69) is 26.1 Å². The lowest BCUT2D eigenvalue weighted by molar-refractivity contribution is -0.154. The van der Waals surface area contributed by atoms with Crippen LogP contribution in [0.3, 0.4) is 0 Å². The number of methoxy groups -OCH3 is 1. The van der Waals surface area contributed by atoms with Crippen LogP contribution in [0.25, 0.3) is 0 Å². The van der Waals surface area contributed by atoms with Crippen molar-refractivity contribution >= 4 is 27.8 Å². The molecule has 238 valence electrons. The molecule has 3 aromatic carbocycles. The van der Waals surface area contributed by atoms with Crippen LogP contribution in [0.15, 0.2) is 89.8 Å².